The lowest BCUT2D eigenvalue weighted by Crippen LogP contribution is -2.47. The summed E-state index contributed by atoms with van der Waals surface area (Å²) in [5.41, 5.74) is 2.12. The van der Waals surface area contributed by atoms with E-state index in [4.69, 9.17) is 0 Å². The van der Waals surface area contributed by atoms with E-state index >= 15 is 0 Å². The molecule has 2 N–H and O–H groups in total. The summed E-state index contributed by atoms with van der Waals surface area (Å²) >= 11 is 1.72. The van der Waals surface area contributed by atoms with Gasteiger partial charge in [0.05, 0.1) is 18.1 Å². The summed E-state index contributed by atoms with van der Waals surface area (Å²) in [6.07, 6.45) is 3.32. The molecular weight excluding hydrogens is 318 g/mol. The zero-order valence-electron chi connectivity index (χ0n) is 13.4. The van der Waals surface area contributed by atoms with Crippen LogP contribution < -0.4 is 5.32 Å². The fourth-order valence-electron chi connectivity index (χ4n) is 3.74. The van der Waals surface area contributed by atoms with Crippen molar-refractivity contribution < 1.29 is 9.90 Å². The van der Waals surface area contributed by atoms with E-state index < -0.39 is 6.10 Å². The maximum Gasteiger partial charge on any atom is 0.232 e. The lowest BCUT2D eigenvalue weighted by molar-refractivity contribution is -0.123. The molecule has 0 radical (unpaired) electrons. The first-order chi connectivity index (χ1) is 11.7. The minimum atomic E-state index is -0.425. The number of fused-ring (bicyclic) bond motifs is 2. The van der Waals surface area contributed by atoms with Gasteiger partial charge in [-0.3, -0.25) is 4.79 Å². The van der Waals surface area contributed by atoms with E-state index in [1.807, 2.05) is 36.4 Å². The first-order valence-corrected chi connectivity index (χ1v) is 9.40. The van der Waals surface area contributed by atoms with E-state index in [1.54, 1.807) is 11.8 Å². The lowest BCUT2D eigenvalue weighted by atomic mass is 9.88. The van der Waals surface area contributed by atoms with E-state index in [-0.39, 0.29) is 17.9 Å². The number of aliphatic hydroxyl groups excluding tert-OH is 1. The summed E-state index contributed by atoms with van der Waals surface area (Å²) < 4.78 is 0. The highest BCUT2D eigenvalue weighted by Crippen LogP contribution is 2.45. The molecule has 2 aromatic carbocycles. The minimum Gasteiger partial charge on any atom is -0.391 e. The molecule has 0 spiro atoms. The number of aliphatic hydroxyl groups is 1. The van der Waals surface area contributed by atoms with Gasteiger partial charge in [-0.2, -0.15) is 0 Å². The van der Waals surface area contributed by atoms with E-state index in [2.05, 4.69) is 17.4 Å². The van der Waals surface area contributed by atoms with Crippen molar-refractivity contribution >= 4 is 17.7 Å². The Hall–Kier alpha value is -1.78. The number of hydrogen-bond donors (Lipinski definition) is 2. The molecule has 4 heteroatoms. The van der Waals surface area contributed by atoms with Crippen LogP contribution in [0.15, 0.2) is 58.3 Å². The molecule has 124 valence electrons. The highest BCUT2D eigenvalue weighted by Gasteiger charge is 2.34. The van der Waals surface area contributed by atoms with Gasteiger partial charge in [0.1, 0.15) is 0 Å². The van der Waals surface area contributed by atoms with Crippen molar-refractivity contribution in [2.75, 3.05) is 0 Å². The fraction of sp³-hybridized carbons (Fsp3) is 0.350. The van der Waals surface area contributed by atoms with E-state index in [0.717, 1.165) is 46.6 Å². The lowest BCUT2D eigenvalue weighted by Gasteiger charge is -2.32. The second-order valence-electron chi connectivity index (χ2n) is 6.58. The van der Waals surface area contributed by atoms with E-state index in [9.17, 15) is 9.90 Å². The minimum absolute atomic E-state index is 0.00106. The second kappa shape index (κ2) is 6.61. The topological polar surface area (TPSA) is 49.3 Å². The van der Waals surface area contributed by atoms with Gasteiger partial charge >= 0.3 is 0 Å². The van der Waals surface area contributed by atoms with Crippen LogP contribution in [0, 0.1) is 0 Å². The predicted octanol–water partition coefficient (Wildman–Crippen LogP) is 3.70. The Bertz CT molecular complexity index is 715. The quantitative estimate of drug-likeness (QED) is 0.877. The Morgan fingerprint density at radius 3 is 2.17 bits per heavy atom. The molecule has 24 heavy (non-hydrogen) atoms. The van der Waals surface area contributed by atoms with E-state index in [0.29, 0.717) is 0 Å². The zero-order valence-corrected chi connectivity index (χ0v) is 14.3. The fourth-order valence-corrected chi connectivity index (χ4v) is 4.88. The van der Waals surface area contributed by atoms with Crippen molar-refractivity contribution in [2.45, 2.75) is 53.5 Å². The van der Waals surface area contributed by atoms with Crippen LogP contribution in [-0.2, 0) is 4.79 Å². The molecule has 1 heterocycles. The standard InChI is InChI=1S/C20H21NO2S/c22-16-10-4-3-9-15(16)21-20(23)19-13-7-1-5-11-17(13)24-18-12-6-2-8-14(18)19/h1-2,5-8,11-12,15-16,19,22H,3-4,9-10H2,(H,21,23)/t15-,16-/m1/s1. The van der Waals surface area contributed by atoms with Crippen LogP contribution in [0.2, 0.25) is 0 Å². The van der Waals surface area contributed by atoms with Crippen molar-refractivity contribution in [3.05, 3.63) is 59.7 Å². The van der Waals surface area contributed by atoms with Gasteiger partial charge in [-0.15, -0.1) is 0 Å². The number of amides is 1. The Morgan fingerprint density at radius 1 is 0.958 bits per heavy atom. The Morgan fingerprint density at radius 2 is 1.54 bits per heavy atom. The van der Waals surface area contributed by atoms with Gasteiger partial charge in [0.2, 0.25) is 5.91 Å². The highest BCUT2D eigenvalue weighted by molar-refractivity contribution is 7.99. The molecule has 0 unspecified atom stereocenters. The maximum atomic E-state index is 13.1. The Labute approximate surface area is 146 Å². The third kappa shape index (κ3) is 2.85. The van der Waals surface area contributed by atoms with Gasteiger partial charge in [-0.25, -0.2) is 0 Å². The van der Waals surface area contributed by atoms with E-state index in [1.165, 1.54) is 0 Å². The number of carbonyl (C=O) groups is 1. The molecule has 3 nitrogen and oxygen atoms in total. The van der Waals surface area contributed by atoms with Crippen LogP contribution in [0.1, 0.15) is 42.7 Å². The van der Waals surface area contributed by atoms with Crippen molar-refractivity contribution in [1.29, 1.82) is 0 Å². The van der Waals surface area contributed by atoms with Gasteiger partial charge in [-0.05, 0) is 36.1 Å². The number of hydrogen-bond acceptors (Lipinski definition) is 3. The van der Waals surface area contributed by atoms with Crippen LogP contribution in [0.25, 0.3) is 0 Å². The Kier molecular flexibility index (Phi) is 4.33. The number of carbonyl (C=O) groups excluding carboxylic acids is 1. The van der Waals surface area contributed by atoms with Gasteiger partial charge in [0, 0.05) is 9.79 Å². The normalized spacial score (nSPS) is 23.2. The van der Waals surface area contributed by atoms with Crippen molar-refractivity contribution in [3.8, 4) is 0 Å². The molecule has 0 saturated heterocycles. The third-order valence-electron chi connectivity index (χ3n) is 5.00. The summed E-state index contributed by atoms with van der Waals surface area (Å²) in [5.74, 6) is -0.297. The average molecular weight is 339 g/mol. The summed E-state index contributed by atoms with van der Waals surface area (Å²) in [6.45, 7) is 0. The third-order valence-corrected chi connectivity index (χ3v) is 6.18. The molecule has 1 fully saturated rings. The van der Waals surface area contributed by atoms with Gasteiger partial charge in [-0.1, -0.05) is 61.0 Å². The second-order valence-corrected chi connectivity index (χ2v) is 7.66. The van der Waals surface area contributed by atoms with Crippen LogP contribution in [0.5, 0.6) is 0 Å². The largest absolute Gasteiger partial charge is 0.391 e. The SMILES string of the molecule is O=C(N[C@@H]1CCCC[C@H]1O)C1c2ccccc2Sc2ccccc21. The summed E-state index contributed by atoms with van der Waals surface area (Å²) in [7, 11) is 0. The maximum absolute atomic E-state index is 13.1. The van der Waals surface area contributed by atoms with Crippen LogP contribution in [-0.4, -0.2) is 23.2 Å². The molecule has 1 amide bonds. The average Bonchev–Trinajstić information content (AvgIpc) is 2.61. The van der Waals surface area contributed by atoms with Crippen molar-refractivity contribution in [2.24, 2.45) is 0 Å². The smallest absolute Gasteiger partial charge is 0.232 e. The summed E-state index contributed by atoms with van der Waals surface area (Å²) in [4.78, 5) is 15.4. The summed E-state index contributed by atoms with van der Waals surface area (Å²) in [5, 5.41) is 13.3. The van der Waals surface area contributed by atoms with Gasteiger partial charge in [0.15, 0.2) is 0 Å². The molecule has 2 atom stereocenters. The molecule has 1 aliphatic carbocycles. The molecule has 1 aliphatic heterocycles. The van der Waals surface area contributed by atoms with Crippen molar-refractivity contribution in [1.82, 2.24) is 5.32 Å². The van der Waals surface area contributed by atoms with Gasteiger partial charge in [0.25, 0.3) is 0 Å². The molecule has 2 aliphatic rings. The van der Waals surface area contributed by atoms with Crippen LogP contribution in [0.4, 0.5) is 0 Å². The molecule has 2 aromatic rings. The molecule has 0 aromatic heterocycles. The molecule has 0 bridgehead atoms. The highest BCUT2D eigenvalue weighted by atomic mass is 32.2. The van der Waals surface area contributed by atoms with Gasteiger partial charge < -0.3 is 10.4 Å². The molecule has 1 saturated carbocycles. The van der Waals surface area contributed by atoms with Crippen molar-refractivity contribution in [3.63, 3.8) is 0 Å². The monoisotopic (exact) mass is 339 g/mol. The number of rotatable bonds is 2. The first-order valence-electron chi connectivity index (χ1n) is 8.58. The van der Waals surface area contributed by atoms with Crippen LogP contribution in [0.3, 0.4) is 0 Å². The summed E-state index contributed by atoms with van der Waals surface area (Å²) in [6, 6.07) is 16.1. The predicted molar refractivity (Wildman–Crippen MR) is 95.3 cm³/mol. The molecule has 4 rings (SSSR count). The number of benzene rings is 2. The first kappa shape index (κ1) is 15.7. The molecular formula is C20H21NO2S. The zero-order chi connectivity index (χ0) is 16.5. The van der Waals surface area contributed by atoms with Crippen LogP contribution >= 0.6 is 11.8 Å². The number of nitrogens with one attached hydrogen (secondary N) is 1. The Balaban J connectivity index is 1.67.